The molecule has 110 valence electrons. The number of hydrogen-bond donors (Lipinski definition) is 2. The molecule has 2 aromatic heterocycles. The zero-order valence-electron chi connectivity index (χ0n) is 11.2. The van der Waals surface area contributed by atoms with E-state index in [0.717, 1.165) is 9.35 Å². The molecule has 0 aliphatic carbocycles. The SMILES string of the molecule is CN(Cc1csc(Br)c1)C(=O)c1ccc(C(N)=NO)cn1. The van der Waals surface area contributed by atoms with E-state index < -0.39 is 0 Å². The third-order valence-electron chi connectivity index (χ3n) is 2.77. The molecule has 0 atom stereocenters. The van der Waals surface area contributed by atoms with E-state index in [0.29, 0.717) is 17.8 Å². The summed E-state index contributed by atoms with van der Waals surface area (Å²) in [6, 6.07) is 5.11. The van der Waals surface area contributed by atoms with Crippen LogP contribution in [0.25, 0.3) is 0 Å². The molecule has 0 saturated heterocycles. The van der Waals surface area contributed by atoms with Gasteiger partial charge in [-0.15, -0.1) is 11.3 Å². The summed E-state index contributed by atoms with van der Waals surface area (Å²) in [5, 5.41) is 13.4. The van der Waals surface area contributed by atoms with Crippen molar-refractivity contribution in [2.24, 2.45) is 10.9 Å². The fourth-order valence-corrected chi connectivity index (χ4v) is 2.90. The molecule has 21 heavy (non-hydrogen) atoms. The normalized spacial score (nSPS) is 11.4. The first-order chi connectivity index (χ1) is 10.0. The van der Waals surface area contributed by atoms with Gasteiger partial charge in [0, 0.05) is 25.4 Å². The van der Waals surface area contributed by atoms with E-state index in [-0.39, 0.29) is 11.7 Å². The largest absolute Gasteiger partial charge is 0.409 e. The molecular weight excluding hydrogens is 356 g/mol. The lowest BCUT2D eigenvalue weighted by Gasteiger charge is -2.15. The van der Waals surface area contributed by atoms with Crippen molar-refractivity contribution in [3.05, 3.63) is 50.4 Å². The lowest BCUT2D eigenvalue weighted by molar-refractivity contribution is 0.0779. The Kier molecular flexibility index (Phi) is 4.92. The molecule has 0 saturated carbocycles. The number of pyridine rings is 1. The highest BCUT2D eigenvalue weighted by molar-refractivity contribution is 9.11. The van der Waals surface area contributed by atoms with Crippen LogP contribution in [-0.2, 0) is 6.54 Å². The molecule has 2 rings (SSSR count). The van der Waals surface area contributed by atoms with E-state index in [1.165, 1.54) is 6.20 Å². The monoisotopic (exact) mass is 368 g/mol. The highest BCUT2D eigenvalue weighted by Crippen LogP contribution is 2.21. The van der Waals surface area contributed by atoms with Gasteiger partial charge in [0.05, 0.1) is 3.79 Å². The number of carbonyl (C=O) groups excluding carboxylic acids is 1. The molecule has 0 spiro atoms. The number of hydrogen-bond acceptors (Lipinski definition) is 5. The van der Waals surface area contributed by atoms with Crippen LogP contribution in [0.15, 0.2) is 38.7 Å². The Labute approximate surface area is 134 Å². The number of thiophene rings is 1. The minimum atomic E-state index is -0.191. The molecule has 0 aliphatic heterocycles. The summed E-state index contributed by atoms with van der Waals surface area (Å²) in [5.74, 6) is -0.235. The lowest BCUT2D eigenvalue weighted by Crippen LogP contribution is -2.27. The molecule has 6 nitrogen and oxygen atoms in total. The third-order valence-corrected chi connectivity index (χ3v) is 4.33. The van der Waals surface area contributed by atoms with E-state index in [9.17, 15) is 4.79 Å². The van der Waals surface area contributed by atoms with Crippen LogP contribution in [0.3, 0.4) is 0 Å². The Bertz CT molecular complexity index is 669. The van der Waals surface area contributed by atoms with Gasteiger partial charge in [0.15, 0.2) is 5.84 Å². The topological polar surface area (TPSA) is 91.8 Å². The molecule has 0 aromatic carbocycles. The molecule has 2 heterocycles. The summed E-state index contributed by atoms with van der Waals surface area (Å²) in [7, 11) is 1.72. The summed E-state index contributed by atoms with van der Waals surface area (Å²) in [4.78, 5) is 17.9. The molecule has 3 N–H and O–H groups in total. The Balaban J connectivity index is 2.08. The molecule has 1 amide bonds. The van der Waals surface area contributed by atoms with Crippen LogP contribution in [0.4, 0.5) is 0 Å². The second kappa shape index (κ2) is 6.68. The van der Waals surface area contributed by atoms with Gasteiger partial charge >= 0.3 is 0 Å². The van der Waals surface area contributed by atoms with Crippen molar-refractivity contribution < 1.29 is 10.0 Å². The predicted molar refractivity (Wildman–Crippen MR) is 84.6 cm³/mol. The maximum Gasteiger partial charge on any atom is 0.272 e. The number of amidine groups is 1. The van der Waals surface area contributed by atoms with Crippen LogP contribution in [0, 0.1) is 0 Å². The summed E-state index contributed by atoms with van der Waals surface area (Å²) in [6.07, 6.45) is 1.40. The molecule has 0 radical (unpaired) electrons. The fourth-order valence-electron chi connectivity index (χ4n) is 1.70. The standard InChI is InChI=1S/C13H13BrN4O2S/c1-18(6-8-4-11(14)21-7-8)13(19)10-3-2-9(5-16-10)12(15)17-20/h2-5,7,20H,6H2,1H3,(H2,15,17). The van der Waals surface area contributed by atoms with Crippen LogP contribution < -0.4 is 5.73 Å². The predicted octanol–water partition coefficient (Wildman–Crippen LogP) is 2.27. The van der Waals surface area contributed by atoms with Crippen LogP contribution in [-0.4, -0.2) is 33.9 Å². The van der Waals surface area contributed by atoms with E-state index in [1.54, 1.807) is 35.4 Å². The molecule has 0 fully saturated rings. The number of nitrogens with zero attached hydrogens (tertiary/aromatic N) is 3. The van der Waals surface area contributed by atoms with Crippen LogP contribution in [0.2, 0.25) is 0 Å². The summed E-state index contributed by atoms with van der Waals surface area (Å²) in [6.45, 7) is 0.505. The first-order valence-corrected chi connectivity index (χ1v) is 7.61. The summed E-state index contributed by atoms with van der Waals surface area (Å²) in [5.41, 5.74) is 7.26. The average Bonchev–Trinajstić information content (AvgIpc) is 2.90. The van der Waals surface area contributed by atoms with Crippen LogP contribution >= 0.6 is 27.3 Å². The summed E-state index contributed by atoms with van der Waals surface area (Å²) < 4.78 is 1.03. The van der Waals surface area contributed by atoms with E-state index in [2.05, 4.69) is 26.1 Å². The minimum absolute atomic E-state index is 0.0435. The third kappa shape index (κ3) is 3.79. The van der Waals surface area contributed by atoms with Crippen molar-refractivity contribution in [1.29, 1.82) is 0 Å². The van der Waals surface area contributed by atoms with Crippen molar-refractivity contribution in [3.8, 4) is 0 Å². The van der Waals surface area contributed by atoms with Gasteiger partial charge in [-0.2, -0.15) is 0 Å². The Morgan fingerprint density at radius 1 is 1.57 bits per heavy atom. The highest BCUT2D eigenvalue weighted by atomic mass is 79.9. The van der Waals surface area contributed by atoms with E-state index >= 15 is 0 Å². The molecule has 8 heteroatoms. The zero-order valence-corrected chi connectivity index (χ0v) is 13.6. The smallest absolute Gasteiger partial charge is 0.272 e. The summed E-state index contributed by atoms with van der Waals surface area (Å²) >= 11 is 4.97. The Hall–Kier alpha value is -1.93. The van der Waals surface area contributed by atoms with Gasteiger partial charge in [0.1, 0.15) is 5.69 Å². The van der Waals surface area contributed by atoms with Gasteiger partial charge < -0.3 is 15.8 Å². The zero-order chi connectivity index (χ0) is 15.4. The van der Waals surface area contributed by atoms with Gasteiger partial charge in [-0.25, -0.2) is 0 Å². The lowest BCUT2D eigenvalue weighted by atomic mass is 10.2. The second-order valence-corrected chi connectivity index (χ2v) is 6.63. The van der Waals surface area contributed by atoms with Crippen molar-refractivity contribution in [1.82, 2.24) is 9.88 Å². The molecule has 0 bridgehead atoms. The number of nitrogens with two attached hydrogens (primary N) is 1. The molecule has 2 aromatic rings. The first-order valence-electron chi connectivity index (χ1n) is 5.93. The number of aromatic nitrogens is 1. The van der Waals surface area contributed by atoms with Crippen molar-refractivity contribution >= 4 is 39.0 Å². The molecule has 0 aliphatic rings. The Morgan fingerprint density at radius 3 is 2.86 bits per heavy atom. The Morgan fingerprint density at radius 2 is 2.33 bits per heavy atom. The van der Waals surface area contributed by atoms with Crippen molar-refractivity contribution in [2.75, 3.05) is 7.05 Å². The fraction of sp³-hybridized carbons (Fsp3) is 0.154. The maximum absolute atomic E-state index is 12.3. The van der Waals surface area contributed by atoms with E-state index in [4.69, 9.17) is 10.9 Å². The van der Waals surface area contributed by atoms with Crippen LogP contribution in [0.5, 0.6) is 0 Å². The van der Waals surface area contributed by atoms with Gasteiger partial charge in [-0.05, 0) is 45.1 Å². The van der Waals surface area contributed by atoms with E-state index in [1.807, 2.05) is 11.4 Å². The minimum Gasteiger partial charge on any atom is -0.409 e. The number of carbonyl (C=O) groups is 1. The number of amides is 1. The quantitative estimate of drug-likeness (QED) is 0.374. The van der Waals surface area contributed by atoms with Gasteiger partial charge in [-0.3, -0.25) is 9.78 Å². The van der Waals surface area contributed by atoms with Gasteiger partial charge in [0.2, 0.25) is 0 Å². The van der Waals surface area contributed by atoms with Crippen LogP contribution in [0.1, 0.15) is 21.6 Å². The highest BCUT2D eigenvalue weighted by Gasteiger charge is 2.14. The van der Waals surface area contributed by atoms with Gasteiger partial charge in [0.25, 0.3) is 5.91 Å². The van der Waals surface area contributed by atoms with Crippen molar-refractivity contribution in [2.45, 2.75) is 6.54 Å². The maximum atomic E-state index is 12.3. The van der Waals surface area contributed by atoms with Gasteiger partial charge in [-0.1, -0.05) is 5.16 Å². The second-order valence-electron chi connectivity index (χ2n) is 4.34. The number of rotatable bonds is 4. The number of oxime groups is 1. The number of halogens is 1. The molecule has 0 unspecified atom stereocenters. The van der Waals surface area contributed by atoms with Crippen molar-refractivity contribution in [3.63, 3.8) is 0 Å². The molecular formula is C13H13BrN4O2S. The average molecular weight is 369 g/mol. The first kappa shape index (κ1) is 15.5.